The first-order valence-corrected chi connectivity index (χ1v) is 6.97. The van der Waals surface area contributed by atoms with Crippen molar-refractivity contribution in [3.8, 4) is 0 Å². The fourth-order valence-corrected chi connectivity index (χ4v) is 2.16. The van der Waals surface area contributed by atoms with Gasteiger partial charge in [0.05, 0.1) is 11.8 Å². The Morgan fingerprint density at radius 2 is 2.12 bits per heavy atom. The lowest BCUT2D eigenvalue weighted by Gasteiger charge is -2.11. The average molecular weight is 327 g/mol. The zero-order valence-corrected chi connectivity index (χ0v) is 12.7. The monoisotopic (exact) mass is 327 g/mol. The number of aryl methyl sites for hydroxylation is 1. The number of rotatable bonds is 5. The molecule has 4 N–H and O–H groups in total. The summed E-state index contributed by atoms with van der Waals surface area (Å²) in [6.07, 6.45) is 3.17. The van der Waals surface area contributed by atoms with Crippen LogP contribution in [0.4, 0.5) is 21.8 Å². The highest BCUT2D eigenvalue weighted by molar-refractivity contribution is 6.12. The van der Waals surface area contributed by atoms with Gasteiger partial charge in [-0.2, -0.15) is 9.49 Å². The number of nitrogen functional groups attached to an aromatic ring is 1. The summed E-state index contributed by atoms with van der Waals surface area (Å²) in [6, 6.07) is 7.38. The van der Waals surface area contributed by atoms with Crippen molar-refractivity contribution in [3.05, 3.63) is 59.8 Å². The van der Waals surface area contributed by atoms with Gasteiger partial charge in [0.2, 0.25) is 5.95 Å². The first-order chi connectivity index (χ1) is 11.6. The maximum absolute atomic E-state index is 13.5. The van der Waals surface area contributed by atoms with E-state index in [1.54, 1.807) is 42.3 Å². The smallest absolute Gasteiger partial charge is 0.215 e. The number of nitrogens with one attached hydrogen (secondary N) is 2. The van der Waals surface area contributed by atoms with Gasteiger partial charge in [-0.15, -0.1) is 0 Å². The van der Waals surface area contributed by atoms with Gasteiger partial charge in [-0.25, -0.2) is 15.8 Å². The van der Waals surface area contributed by atoms with Gasteiger partial charge in [0, 0.05) is 30.9 Å². The van der Waals surface area contributed by atoms with Crippen molar-refractivity contribution in [1.82, 2.24) is 19.7 Å². The first kappa shape index (κ1) is 15.6. The highest BCUT2D eigenvalue weighted by atomic mass is 19.1. The molecule has 0 saturated carbocycles. The molecule has 0 bridgehead atoms. The van der Waals surface area contributed by atoms with Crippen LogP contribution in [0.2, 0.25) is 0 Å². The van der Waals surface area contributed by atoms with E-state index in [9.17, 15) is 9.18 Å². The zero-order valence-electron chi connectivity index (χ0n) is 12.7. The average Bonchev–Trinajstić information content (AvgIpc) is 2.99. The first-order valence-electron chi connectivity index (χ1n) is 6.97. The summed E-state index contributed by atoms with van der Waals surface area (Å²) in [5.74, 6) is 5.08. The molecule has 8 nitrogen and oxygen atoms in total. The molecule has 0 amide bonds. The molecule has 3 rings (SSSR count). The van der Waals surface area contributed by atoms with Crippen molar-refractivity contribution in [2.24, 2.45) is 12.9 Å². The van der Waals surface area contributed by atoms with Crippen LogP contribution < -0.4 is 16.6 Å². The molecular weight excluding hydrogens is 313 g/mol. The van der Waals surface area contributed by atoms with Gasteiger partial charge >= 0.3 is 0 Å². The van der Waals surface area contributed by atoms with Crippen LogP contribution in [0.3, 0.4) is 0 Å². The number of ketones is 1. The summed E-state index contributed by atoms with van der Waals surface area (Å²) in [5.41, 5.74) is 2.62. The second-order valence-electron chi connectivity index (χ2n) is 4.90. The number of hydrogen-bond donors (Lipinski definition) is 3. The summed E-state index contributed by atoms with van der Waals surface area (Å²) in [4.78, 5) is 20.4. The molecular formula is C15H14FN7O. The Balaban J connectivity index is 1.99. The standard InChI is InChI=1S/C15H14FN7O/c1-23-13(4-6-19-23)21-15-10(3-2-5-18-15)14(24)9-7-11(16)20-12(8-9)22-17/h2-8H,17H2,1H3,(H,18,21)(H,20,22). The minimum Gasteiger partial charge on any atom is -0.325 e. The maximum atomic E-state index is 13.5. The van der Waals surface area contributed by atoms with Crippen LogP contribution in [-0.2, 0) is 7.05 Å². The second-order valence-corrected chi connectivity index (χ2v) is 4.90. The molecule has 0 aliphatic rings. The number of carbonyl (C=O) groups is 1. The van der Waals surface area contributed by atoms with Crippen molar-refractivity contribution < 1.29 is 9.18 Å². The van der Waals surface area contributed by atoms with Gasteiger partial charge in [-0.3, -0.25) is 9.48 Å². The Labute approximate surface area is 136 Å². The van der Waals surface area contributed by atoms with Crippen LogP contribution in [0.15, 0.2) is 42.7 Å². The quantitative estimate of drug-likeness (QED) is 0.282. The van der Waals surface area contributed by atoms with Gasteiger partial charge in [-0.05, 0) is 18.2 Å². The summed E-state index contributed by atoms with van der Waals surface area (Å²) in [7, 11) is 1.75. The van der Waals surface area contributed by atoms with E-state index in [0.717, 1.165) is 6.07 Å². The number of hydrogen-bond acceptors (Lipinski definition) is 7. The van der Waals surface area contributed by atoms with Gasteiger partial charge in [0.15, 0.2) is 5.78 Å². The van der Waals surface area contributed by atoms with Crippen molar-refractivity contribution in [1.29, 1.82) is 0 Å². The number of nitrogens with two attached hydrogens (primary N) is 1. The summed E-state index contributed by atoms with van der Waals surface area (Å²) in [6.45, 7) is 0. The number of halogens is 1. The van der Waals surface area contributed by atoms with Crippen LogP contribution in [0, 0.1) is 5.95 Å². The number of nitrogens with zero attached hydrogens (tertiary/aromatic N) is 4. The van der Waals surface area contributed by atoms with Crippen molar-refractivity contribution in [2.75, 3.05) is 10.7 Å². The van der Waals surface area contributed by atoms with Crippen LogP contribution in [-0.4, -0.2) is 25.5 Å². The van der Waals surface area contributed by atoms with Gasteiger partial charge in [0.25, 0.3) is 0 Å². The van der Waals surface area contributed by atoms with Crippen LogP contribution in [0.5, 0.6) is 0 Å². The number of hydrazine groups is 1. The van der Waals surface area contributed by atoms with Crippen LogP contribution in [0.1, 0.15) is 15.9 Å². The Hall–Kier alpha value is -3.33. The molecule has 0 saturated heterocycles. The highest BCUT2D eigenvalue weighted by Gasteiger charge is 2.17. The molecule has 3 aromatic rings. The third-order valence-electron chi connectivity index (χ3n) is 3.32. The van der Waals surface area contributed by atoms with Gasteiger partial charge < -0.3 is 10.7 Å². The van der Waals surface area contributed by atoms with Crippen LogP contribution in [0.25, 0.3) is 0 Å². The minimum absolute atomic E-state index is 0.0587. The van der Waals surface area contributed by atoms with E-state index in [-0.39, 0.29) is 16.9 Å². The summed E-state index contributed by atoms with van der Waals surface area (Å²) >= 11 is 0. The zero-order chi connectivity index (χ0) is 17.1. The summed E-state index contributed by atoms with van der Waals surface area (Å²) in [5, 5.41) is 7.07. The Kier molecular flexibility index (Phi) is 4.17. The predicted octanol–water partition coefficient (Wildman–Crippen LogP) is 1.61. The number of pyridine rings is 2. The third-order valence-corrected chi connectivity index (χ3v) is 3.32. The number of anilines is 3. The lowest BCUT2D eigenvalue weighted by molar-refractivity contribution is 0.103. The molecule has 0 radical (unpaired) electrons. The normalized spacial score (nSPS) is 10.5. The molecule has 0 spiro atoms. The SMILES string of the molecule is Cn1nccc1Nc1ncccc1C(=O)c1cc(F)nc(NN)c1. The lowest BCUT2D eigenvalue weighted by Crippen LogP contribution is -2.13. The molecule has 0 atom stereocenters. The molecule has 0 aliphatic carbocycles. The highest BCUT2D eigenvalue weighted by Crippen LogP contribution is 2.22. The van der Waals surface area contributed by atoms with Crippen molar-refractivity contribution in [3.63, 3.8) is 0 Å². The number of aromatic nitrogens is 4. The largest absolute Gasteiger partial charge is 0.325 e. The van der Waals surface area contributed by atoms with Crippen molar-refractivity contribution >= 4 is 23.2 Å². The molecule has 3 aromatic heterocycles. The van der Waals surface area contributed by atoms with E-state index in [4.69, 9.17) is 5.84 Å². The van der Waals surface area contributed by atoms with E-state index in [1.165, 1.54) is 6.07 Å². The Morgan fingerprint density at radius 3 is 2.83 bits per heavy atom. The topological polar surface area (TPSA) is 111 Å². The lowest BCUT2D eigenvalue weighted by atomic mass is 10.0. The number of carbonyl (C=O) groups excluding carboxylic acids is 1. The fourth-order valence-electron chi connectivity index (χ4n) is 2.16. The molecule has 0 aromatic carbocycles. The molecule has 3 heterocycles. The Bertz CT molecular complexity index is 893. The third kappa shape index (κ3) is 3.06. The van der Waals surface area contributed by atoms with Gasteiger partial charge in [0.1, 0.15) is 17.5 Å². The maximum Gasteiger partial charge on any atom is 0.215 e. The minimum atomic E-state index is -0.807. The van der Waals surface area contributed by atoms with E-state index < -0.39 is 11.7 Å². The predicted molar refractivity (Wildman–Crippen MR) is 86.2 cm³/mol. The Morgan fingerprint density at radius 1 is 1.29 bits per heavy atom. The molecule has 9 heteroatoms. The molecule has 24 heavy (non-hydrogen) atoms. The van der Waals surface area contributed by atoms with E-state index in [1.807, 2.05) is 0 Å². The van der Waals surface area contributed by atoms with Crippen LogP contribution >= 0.6 is 0 Å². The van der Waals surface area contributed by atoms with Gasteiger partial charge in [-0.1, -0.05) is 0 Å². The molecule has 0 unspecified atom stereocenters. The molecule has 0 fully saturated rings. The summed E-state index contributed by atoms with van der Waals surface area (Å²) < 4.78 is 15.2. The fraction of sp³-hybridized carbons (Fsp3) is 0.0667. The second kappa shape index (κ2) is 6.42. The van der Waals surface area contributed by atoms with E-state index in [0.29, 0.717) is 11.6 Å². The van der Waals surface area contributed by atoms with E-state index in [2.05, 4.69) is 25.8 Å². The molecule has 122 valence electrons. The molecule has 0 aliphatic heterocycles. The van der Waals surface area contributed by atoms with E-state index >= 15 is 0 Å². The van der Waals surface area contributed by atoms with Crippen molar-refractivity contribution in [2.45, 2.75) is 0 Å².